The molecule has 3 heteroatoms. The summed E-state index contributed by atoms with van der Waals surface area (Å²) >= 11 is 0. The molecule has 0 bridgehead atoms. The fraction of sp³-hybridized carbons (Fsp3) is 0.0625. The second kappa shape index (κ2) is 4.61. The molecule has 1 heterocycles. The van der Waals surface area contributed by atoms with Gasteiger partial charge in [-0.3, -0.25) is 4.79 Å². The summed E-state index contributed by atoms with van der Waals surface area (Å²) in [7, 11) is 0. The van der Waals surface area contributed by atoms with Gasteiger partial charge in [-0.05, 0) is 42.8 Å². The minimum Gasteiger partial charge on any atom is -0.355 e. The Balaban J connectivity index is 2.01. The first-order valence-electron chi connectivity index (χ1n) is 6.16. The lowest BCUT2D eigenvalue weighted by molar-refractivity contribution is -0.105. The zero-order chi connectivity index (χ0) is 13.2. The number of carbonyl (C=O) groups is 1. The number of aromatic nitrogens is 1. The van der Waals surface area contributed by atoms with Crippen LogP contribution in [-0.4, -0.2) is 11.4 Å². The highest BCUT2D eigenvalue weighted by Crippen LogP contribution is 2.25. The molecule has 0 fully saturated rings. The summed E-state index contributed by atoms with van der Waals surface area (Å²) in [6.07, 6.45) is 0.681. The van der Waals surface area contributed by atoms with Gasteiger partial charge in [0.05, 0.1) is 0 Å². The minimum atomic E-state index is 0.681. The number of rotatable bonds is 3. The number of aryl methyl sites for hydroxylation is 1. The lowest BCUT2D eigenvalue weighted by atomic mass is 10.1. The molecule has 0 radical (unpaired) electrons. The van der Waals surface area contributed by atoms with Crippen LogP contribution in [0.5, 0.6) is 0 Å². The van der Waals surface area contributed by atoms with Crippen molar-refractivity contribution in [3.05, 3.63) is 54.1 Å². The quantitative estimate of drug-likeness (QED) is 0.684. The molecule has 1 amide bonds. The Hall–Kier alpha value is -2.55. The molecule has 0 aliphatic heterocycles. The zero-order valence-electron chi connectivity index (χ0n) is 10.6. The number of anilines is 1. The summed E-state index contributed by atoms with van der Waals surface area (Å²) in [5, 5.41) is 3.84. The molecular formula is C16H14N2O. The molecule has 2 aromatic carbocycles. The Morgan fingerprint density at radius 3 is 2.58 bits per heavy atom. The van der Waals surface area contributed by atoms with E-state index in [0.717, 1.165) is 22.5 Å². The van der Waals surface area contributed by atoms with Gasteiger partial charge in [0.2, 0.25) is 6.41 Å². The fourth-order valence-corrected chi connectivity index (χ4v) is 2.22. The van der Waals surface area contributed by atoms with Crippen LogP contribution in [0.3, 0.4) is 0 Å². The Bertz CT molecular complexity index is 726. The number of benzene rings is 2. The number of fused-ring (bicyclic) bond motifs is 1. The van der Waals surface area contributed by atoms with Crippen molar-refractivity contribution in [3.8, 4) is 11.3 Å². The smallest absolute Gasteiger partial charge is 0.211 e. The highest BCUT2D eigenvalue weighted by Gasteiger charge is 2.03. The summed E-state index contributed by atoms with van der Waals surface area (Å²) in [6, 6.07) is 16.3. The predicted octanol–water partition coefficient (Wildman–Crippen LogP) is 3.71. The summed E-state index contributed by atoms with van der Waals surface area (Å²) in [4.78, 5) is 13.8. The molecule has 19 heavy (non-hydrogen) atoms. The van der Waals surface area contributed by atoms with Gasteiger partial charge in [-0.2, -0.15) is 0 Å². The average molecular weight is 250 g/mol. The van der Waals surface area contributed by atoms with Crippen molar-refractivity contribution in [2.45, 2.75) is 6.92 Å². The van der Waals surface area contributed by atoms with Gasteiger partial charge in [0.15, 0.2) is 0 Å². The maximum atomic E-state index is 10.4. The summed E-state index contributed by atoms with van der Waals surface area (Å²) < 4.78 is 0. The van der Waals surface area contributed by atoms with Gasteiger partial charge >= 0.3 is 0 Å². The molecule has 0 aliphatic rings. The minimum absolute atomic E-state index is 0.681. The summed E-state index contributed by atoms with van der Waals surface area (Å²) in [5.41, 5.74) is 5.37. The molecule has 94 valence electrons. The van der Waals surface area contributed by atoms with E-state index in [0.29, 0.717) is 6.41 Å². The van der Waals surface area contributed by atoms with E-state index in [9.17, 15) is 4.79 Å². The molecule has 2 N–H and O–H groups in total. The number of amides is 1. The van der Waals surface area contributed by atoms with Gasteiger partial charge < -0.3 is 10.3 Å². The first kappa shape index (κ1) is 11.5. The van der Waals surface area contributed by atoms with Gasteiger partial charge in [-0.25, -0.2) is 0 Å². The van der Waals surface area contributed by atoms with Crippen LogP contribution in [0.15, 0.2) is 48.5 Å². The van der Waals surface area contributed by atoms with Gasteiger partial charge in [-0.15, -0.1) is 0 Å². The van der Waals surface area contributed by atoms with E-state index in [4.69, 9.17) is 0 Å². The molecule has 0 saturated heterocycles. The second-order valence-electron chi connectivity index (χ2n) is 4.61. The molecular weight excluding hydrogens is 236 g/mol. The lowest BCUT2D eigenvalue weighted by Crippen LogP contribution is -1.92. The average Bonchev–Trinajstić information content (AvgIpc) is 2.83. The van der Waals surface area contributed by atoms with Gasteiger partial charge in [0.1, 0.15) is 0 Å². The van der Waals surface area contributed by atoms with Crippen LogP contribution in [0.4, 0.5) is 5.69 Å². The molecule has 0 saturated carbocycles. The highest BCUT2D eigenvalue weighted by molar-refractivity contribution is 5.86. The molecule has 0 unspecified atom stereocenters. The third-order valence-electron chi connectivity index (χ3n) is 3.20. The first-order valence-corrected chi connectivity index (χ1v) is 6.16. The number of aromatic amines is 1. The van der Waals surface area contributed by atoms with Gasteiger partial charge in [0.25, 0.3) is 0 Å². The van der Waals surface area contributed by atoms with Crippen LogP contribution in [0.25, 0.3) is 22.2 Å². The van der Waals surface area contributed by atoms with Crippen molar-refractivity contribution < 1.29 is 4.79 Å². The van der Waals surface area contributed by atoms with Crippen LogP contribution in [0.1, 0.15) is 5.56 Å². The van der Waals surface area contributed by atoms with Crippen molar-refractivity contribution >= 4 is 23.0 Å². The second-order valence-corrected chi connectivity index (χ2v) is 4.61. The van der Waals surface area contributed by atoms with Crippen LogP contribution in [-0.2, 0) is 4.79 Å². The predicted molar refractivity (Wildman–Crippen MR) is 78.2 cm³/mol. The topological polar surface area (TPSA) is 44.9 Å². The number of hydrogen-bond donors (Lipinski definition) is 2. The summed E-state index contributed by atoms with van der Waals surface area (Å²) in [6.45, 7) is 2.09. The van der Waals surface area contributed by atoms with E-state index >= 15 is 0 Å². The molecule has 3 aromatic rings. The molecule has 3 nitrogen and oxygen atoms in total. The largest absolute Gasteiger partial charge is 0.355 e. The molecule has 3 rings (SSSR count). The van der Waals surface area contributed by atoms with E-state index in [2.05, 4.69) is 41.5 Å². The standard InChI is InChI=1S/C16H14N2O/c1-11-2-7-15-13(8-11)9-16(18-15)12-3-5-14(6-4-12)17-10-19/h2-10,18H,1H3,(H,17,19). The number of H-pyrrole nitrogens is 1. The van der Waals surface area contributed by atoms with Crippen LogP contribution in [0.2, 0.25) is 0 Å². The normalized spacial score (nSPS) is 10.6. The highest BCUT2D eigenvalue weighted by atomic mass is 16.1. The third kappa shape index (κ3) is 2.22. The van der Waals surface area contributed by atoms with E-state index in [1.165, 1.54) is 10.9 Å². The van der Waals surface area contributed by atoms with Gasteiger partial charge in [0, 0.05) is 22.3 Å². The van der Waals surface area contributed by atoms with E-state index in [1.807, 2.05) is 24.3 Å². The SMILES string of the molecule is Cc1ccc2[nH]c(-c3ccc(NC=O)cc3)cc2c1. The number of hydrogen-bond acceptors (Lipinski definition) is 1. The van der Waals surface area contributed by atoms with Crippen molar-refractivity contribution in [1.29, 1.82) is 0 Å². The van der Waals surface area contributed by atoms with Gasteiger partial charge in [-0.1, -0.05) is 23.8 Å². The Labute approximate surface area is 111 Å². The Morgan fingerprint density at radius 1 is 1.05 bits per heavy atom. The molecule has 0 spiro atoms. The first-order chi connectivity index (χ1) is 9.26. The Morgan fingerprint density at radius 2 is 1.84 bits per heavy atom. The molecule has 0 atom stereocenters. The molecule has 1 aromatic heterocycles. The number of carbonyl (C=O) groups excluding carboxylic acids is 1. The van der Waals surface area contributed by atoms with Crippen molar-refractivity contribution in [2.75, 3.05) is 5.32 Å². The van der Waals surface area contributed by atoms with Crippen LogP contribution in [0, 0.1) is 6.92 Å². The van der Waals surface area contributed by atoms with E-state index in [-0.39, 0.29) is 0 Å². The van der Waals surface area contributed by atoms with Crippen molar-refractivity contribution in [3.63, 3.8) is 0 Å². The Kier molecular flexibility index (Phi) is 2.80. The van der Waals surface area contributed by atoms with Crippen LogP contribution >= 0.6 is 0 Å². The fourth-order valence-electron chi connectivity index (χ4n) is 2.22. The maximum absolute atomic E-state index is 10.4. The third-order valence-corrected chi connectivity index (χ3v) is 3.20. The molecule has 0 aliphatic carbocycles. The van der Waals surface area contributed by atoms with E-state index < -0.39 is 0 Å². The van der Waals surface area contributed by atoms with Crippen molar-refractivity contribution in [2.24, 2.45) is 0 Å². The van der Waals surface area contributed by atoms with Crippen molar-refractivity contribution in [1.82, 2.24) is 4.98 Å². The number of nitrogens with one attached hydrogen (secondary N) is 2. The van der Waals surface area contributed by atoms with E-state index in [1.54, 1.807) is 0 Å². The zero-order valence-corrected chi connectivity index (χ0v) is 10.6. The lowest BCUT2D eigenvalue weighted by Gasteiger charge is -2.00. The maximum Gasteiger partial charge on any atom is 0.211 e. The monoisotopic (exact) mass is 250 g/mol. The summed E-state index contributed by atoms with van der Waals surface area (Å²) in [5.74, 6) is 0. The van der Waals surface area contributed by atoms with Crippen LogP contribution < -0.4 is 5.32 Å².